The maximum atomic E-state index is 11.7. The fourth-order valence-electron chi connectivity index (χ4n) is 1.07. The highest BCUT2D eigenvalue weighted by Crippen LogP contribution is 2.12. The Kier molecular flexibility index (Phi) is 4.04. The van der Waals surface area contributed by atoms with Gasteiger partial charge in [0.25, 0.3) is 0 Å². The third-order valence-corrected chi connectivity index (χ3v) is 1.57. The normalized spacial score (nSPS) is 11.4. The maximum absolute atomic E-state index is 11.7. The molecule has 5 heteroatoms. The third-order valence-electron chi connectivity index (χ3n) is 1.57. The van der Waals surface area contributed by atoms with Crippen LogP contribution in [-0.4, -0.2) is 27.6 Å². The molecular formula is C12H18N2O3. The lowest BCUT2D eigenvalue weighted by Crippen LogP contribution is -2.25. The van der Waals surface area contributed by atoms with Gasteiger partial charge in [0.2, 0.25) is 11.7 Å². The molecule has 0 aliphatic rings. The van der Waals surface area contributed by atoms with Crippen molar-refractivity contribution in [2.24, 2.45) is 0 Å². The molecule has 0 spiro atoms. The number of nitrogens with zero attached hydrogens (tertiary/aromatic N) is 2. The lowest BCUT2D eigenvalue weighted by molar-refractivity contribution is 0.00539. The Morgan fingerprint density at radius 1 is 1.35 bits per heavy atom. The molecule has 0 unspecified atom stereocenters. The summed E-state index contributed by atoms with van der Waals surface area (Å²) < 4.78 is 10.5. The third kappa shape index (κ3) is 4.80. The Morgan fingerprint density at radius 3 is 2.53 bits per heavy atom. The van der Waals surface area contributed by atoms with Gasteiger partial charge in [-0.15, -0.1) is 0 Å². The quantitative estimate of drug-likeness (QED) is 0.755. The van der Waals surface area contributed by atoms with Crippen LogP contribution in [0.4, 0.5) is 0 Å². The molecule has 94 valence electrons. The van der Waals surface area contributed by atoms with Crippen molar-refractivity contribution < 1.29 is 14.3 Å². The zero-order chi connectivity index (χ0) is 13.1. The second kappa shape index (κ2) is 5.12. The van der Waals surface area contributed by atoms with Gasteiger partial charge in [-0.05, 0) is 34.6 Å². The van der Waals surface area contributed by atoms with Crippen LogP contribution in [0.15, 0.2) is 12.3 Å². The second-order valence-corrected chi connectivity index (χ2v) is 4.89. The second-order valence-electron chi connectivity index (χ2n) is 4.89. The first kappa shape index (κ1) is 13.4. The van der Waals surface area contributed by atoms with E-state index in [0.29, 0.717) is 5.88 Å². The first-order chi connectivity index (χ1) is 7.78. The molecule has 0 saturated heterocycles. The zero-order valence-electron chi connectivity index (χ0n) is 10.9. The van der Waals surface area contributed by atoms with E-state index in [2.05, 4.69) is 9.97 Å². The van der Waals surface area contributed by atoms with Crippen LogP contribution in [0, 0.1) is 0 Å². The molecule has 0 fully saturated rings. The van der Waals surface area contributed by atoms with Crippen molar-refractivity contribution in [1.82, 2.24) is 9.97 Å². The van der Waals surface area contributed by atoms with Crippen LogP contribution in [0.25, 0.3) is 0 Å². The monoisotopic (exact) mass is 238 g/mol. The number of carbonyl (C=O) groups excluding carboxylic acids is 1. The van der Waals surface area contributed by atoms with Crippen molar-refractivity contribution in [3.05, 3.63) is 18.1 Å². The molecule has 1 aromatic heterocycles. The average Bonchev–Trinajstić information content (AvgIpc) is 2.14. The number of ether oxygens (including phenoxy) is 2. The smallest absolute Gasteiger partial charge is 0.377 e. The van der Waals surface area contributed by atoms with Gasteiger partial charge in [-0.2, -0.15) is 4.98 Å². The minimum absolute atomic E-state index is 0.00335. The Morgan fingerprint density at radius 2 is 2.00 bits per heavy atom. The Labute approximate surface area is 101 Å². The summed E-state index contributed by atoms with van der Waals surface area (Å²) in [5, 5.41) is 0. The largest absolute Gasteiger partial charge is 0.475 e. The summed E-state index contributed by atoms with van der Waals surface area (Å²) >= 11 is 0. The van der Waals surface area contributed by atoms with Crippen LogP contribution in [0.3, 0.4) is 0 Å². The topological polar surface area (TPSA) is 61.3 Å². The Bertz CT molecular complexity index is 397. The number of aromatic nitrogens is 2. The van der Waals surface area contributed by atoms with Gasteiger partial charge in [0.15, 0.2) is 0 Å². The predicted molar refractivity (Wildman–Crippen MR) is 63.0 cm³/mol. The molecule has 0 atom stereocenters. The molecule has 0 aromatic carbocycles. The van der Waals surface area contributed by atoms with Gasteiger partial charge in [-0.1, -0.05) is 0 Å². The fraction of sp³-hybridized carbons (Fsp3) is 0.583. The van der Waals surface area contributed by atoms with Crippen molar-refractivity contribution in [2.75, 3.05) is 0 Å². The number of carbonyl (C=O) groups is 1. The van der Waals surface area contributed by atoms with Crippen LogP contribution < -0.4 is 4.74 Å². The molecule has 17 heavy (non-hydrogen) atoms. The Hall–Kier alpha value is -1.65. The van der Waals surface area contributed by atoms with Gasteiger partial charge in [0, 0.05) is 12.3 Å². The van der Waals surface area contributed by atoms with Gasteiger partial charge < -0.3 is 9.47 Å². The molecule has 1 aromatic rings. The van der Waals surface area contributed by atoms with Gasteiger partial charge >= 0.3 is 5.97 Å². The highest BCUT2D eigenvalue weighted by atomic mass is 16.6. The van der Waals surface area contributed by atoms with E-state index >= 15 is 0 Å². The standard InChI is InChI=1S/C12H18N2O3/c1-8(2)16-9-6-7-13-10(14-9)11(15)17-12(3,4)5/h6-8H,1-5H3. The van der Waals surface area contributed by atoms with Crippen LogP contribution in [-0.2, 0) is 4.74 Å². The first-order valence-electron chi connectivity index (χ1n) is 5.51. The Balaban J connectivity index is 2.81. The highest BCUT2D eigenvalue weighted by Gasteiger charge is 2.20. The van der Waals surface area contributed by atoms with E-state index in [0.717, 1.165) is 0 Å². The molecular weight excluding hydrogens is 220 g/mol. The summed E-state index contributed by atoms with van der Waals surface area (Å²) in [6, 6.07) is 1.61. The molecule has 5 nitrogen and oxygen atoms in total. The van der Waals surface area contributed by atoms with Gasteiger partial charge in [-0.25, -0.2) is 9.78 Å². The van der Waals surface area contributed by atoms with Gasteiger partial charge in [0.05, 0.1) is 6.10 Å². The lowest BCUT2D eigenvalue weighted by Gasteiger charge is -2.18. The van der Waals surface area contributed by atoms with Crippen LogP contribution in [0.2, 0.25) is 0 Å². The van der Waals surface area contributed by atoms with Crippen molar-refractivity contribution in [3.63, 3.8) is 0 Å². The minimum atomic E-state index is -0.560. The van der Waals surface area contributed by atoms with Crippen LogP contribution in [0.1, 0.15) is 45.2 Å². The van der Waals surface area contributed by atoms with Crippen LogP contribution >= 0.6 is 0 Å². The molecule has 0 aliphatic carbocycles. The summed E-state index contributed by atoms with van der Waals surface area (Å²) in [5.41, 5.74) is -0.560. The van der Waals surface area contributed by atoms with E-state index in [1.807, 2.05) is 13.8 Å². The average molecular weight is 238 g/mol. The van der Waals surface area contributed by atoms with Gasteiger partial charge in [0.1, 0.15) is 5.60 Å². The fourth-order valence-corrected chi connectivity index (χ4v) is 1.07. The molecule has 0 N–H and O–H groups in total. The number of rotatable bonds is 3. The summed E-state index contributed by atoms with van der Waals surface area (Å²) in [5.74, 6) is -0.166. The molecule has 1 heterocycles. The predicted octanol–water partition coefficient (Wildman–Crippen LogP) is 2.22. The molecule has 0 amide bonds. The van der Waals surface area contributed by atoms with E-state index in [4.69, 9.17) is 9.47 Å². The van der Waals surface area contributed by atoms with Crippen LogP contribution in [0.5, 0.6) is 5.88 Å². The summed E-state index contributed by atoms with van der Waals surface area (Å²) in [6.45, 7) is 9.14. The summed E-state index contributed by atoms with van der Waals surface area (Å²) in [4.78, 5) is 19.5. The molecule has 0 saturated carbocycles. The number of esters is 1. The van der Waals surface area contributed by atoms with Crippen molar-refractivity contribution in [2.45, 2.75) is 46.3 Å². The SMILES string of the molecule is CC(C)Oc1ccnc(C(=O)OC(C)(C)C)n1. The summed E-state index contributed by atoms with van der Waals surface area (Å²) in [6.07, 6.45) is 1.47. The van der Waals surface area contributed by atoms with E-state index in [9.17, 15) is 4.79 Å². The van der Waals surface area contributed by atoms with Crippen molar-refractivity contribution in [1.29, 1.82) is 0 Å². The molecule has 0 aliphatic heterocycles. The molecule has 0 radical (unpaired) electrons. The maximum Gasteiger partial charge on any atom is 0.377 e. The van der Waals surface area contributed by atoms with E-state index in [1.165, 1.54) is 6.20 Å². The lowest BCUT2D eigenvalue weighted by atomic mass is 10.2. The number of hydrogen-bond donors (Lipinski definition) is 0. The summed E-state index contributed by atoms with van der Waals surface area (Å²) in [7, 11) is 0. The highest BCUT2D eigenvalue weighted by molar-refractivity contribution is 5.85. The number of hydrogen-bond acceptors (Lipinski definition) is 5. The molecule has 0 bridgehead atoms. The first-order valence-corrected chi connectivity index (χ1v) is 5.51. The van der Waals surface area contributed by atoms with E-state index in [1.54, 1.807) is 26.8 Å². The zero-order valence-corrected chi connectivity index (χ0v) is 10.9. The van der Waals surface area contributed by atoms with Gasteiger partial charge in [-0.3, -0.25) is 0 Å². The minimum Gasteiger partial charge on any atom is -0.475 e. The van der Waals surface area contributed by atoms with E-state index < -0.39 is 11.6 Å². The van der Waals surface area contributed by atoms with Crippen molar-refractivity contribution in [3.8, 4) is 5.88 Å². The van der Waals surface area contributed by atoms with E-state index in [-0.39, 0.29) is 11.9 Å². The molecule has 1 rings (SSSR count). The van der Waals surface area contributed by atoms with Crippen molar-refractivity contribution >= 4 is 5.97 Å².